The Morgan fingerprint density at radius 3 is 2.64 bits per heavy atom. The van der Waals surface area contributed by atoms with Gasteiger partial charge in [0, 0.05) is 23.8 Å². The number of hydrogen-bond acceptors (Lipinski definition) is 5. The quantitative estimate of drug-likeness (QED) is 0.754. The molecule has 0 radical (unpaired) electrons. The first-order valence-corrected chi connectivity index (χ1v) is 8.42. The lowest BCUT2D eigenvalue weighted by atomic mass is 9.88. The fraction of sp³-hybridized carbons (Fsp3) is 0.353. The van der Waals surface area contributed by atoms with Crippen molar-refractivity contribution in [1.29, 1.82) is 0 Å². The highest BCUT2D eigenvalue weighted by Gasteiger charge is 2.41. The standard InChI is InChI=1S/C17H18ClN5O.ClH/c18-14-4-2-13(3-5-14)12-15-21-16(24-22-15)17(6-9-19-10-7-17)23-11-1-8-20-23;/h1-5,8,11,19H,6-7,9-10,12H2;1H. The second-order valence-electron chi connectivity index (χ2n) is 6.05. The largest absolute Gasteiger partial charge is 0.337 e. The molecular weight excluding hydrogens is 361 g/mol. The van der Waals surface area contributed by atoms with E-state index in [1.165, 1.54) is 0 Å². The highest BCUT2D eigenvalue weighted by atomic mass is 35.5. The minimum absolute atomic E-state index is 0. The van der Waals surface area contributed by atoms with E-state index in [9.17, 15) is 0 Å². The summed E-state index contributed by atoms with van der Waals surface area (Å²) in [4.78, 5) is 4.68. The van der Waals surface area contributed by atoms with Crippen LogP contribution < -0.4 is 5.32 Å². The van der Waals surface area contributed by atoms with Crippen molar-refractivity contribution in [2.75, 3.05) is 13.1 Å². The van der Waals surface area contributed by atoms with E-state index >= 15 is 0 Å². The molecule has 2 aromatic heterocycles. The maximum absolute atomic E-state index is 5.93. The lowest BCUT2D eigenvalue weighted by Gasteiger charge is -2.34. The van der Waals surface area contributed by atoms with Crippen molar-refractivity contribution < 1.29 is 4.52 Å². The number of benzene rings is 1. The van der Waals surface area contributed by atoms with Crippen molar-refractivity contribution in [2.45, 2.75) is 24.8 Å². The normalized spacial score (nSPS) is 16.4. The molecule has 0 amide bonds. The van der Waals surface area contributed by atoms with Crippen LogP contribution in [0.3, 0.4) is 0 Å². The van der Waals surface area contributed by atoms with Crippen LogP contribution in [-0.4, -0.2) is 33.0 Å². The topological polar surface area (TPSA) is 68.8 Å². The van der Waals surface area contributed by atoms with E-state index in [1.54, 1.807) is 6.20 Å². The van der Waals surface area contributed by atoms with Crippen molar-refractivity contribution in [2.24, 2.45) is 0 Å². The Morgan fingerprint density at radius 1 is 1.20 bits per heavy atom. The summed E-state index contributed by atoms with van der Waals surface area (Å²) in [5, 5.41) is 12.7. The number of nitrogens with one attached hydrogen (secondary N) is 1. The summed E-state index contributed by atoms with van der Waals surface area (Å²) in [6, 6.07) is 9.62. The number of nitrogens with zero attached hydrogens (tertiary/aromatic N) is 4. The molecule has 0 spiro atoms. The molecule has 0 unspecified atom stereocenters. The second-order valence-corrected chi connectivity index (χ2v) is 6.49. The molecule has 8 heteroatoms. The van der Waals surface area contributed by atoms with Crippen LogP contribution in [-0.2, 0) is 12.0 Å². The number of piperidine rings is 1. The monoisotopic (exact) mass is 379 g/mol. The summed E-state index contributed by atoms with van der Waals surface area (Å²) in [6.07, 6.45) is 6.12. The van der Waals surface area contributed by atoms with Gasteiger partial charge in [0.2, 0.25) is 0 Å². The van der Waals surface area contributed by atoms with E-state index < -0.39 is 0 Å². The first-order valence-electron chi connectivity index (χ1n) is 8.05. The average molecular weight is 380 g/mol. The molecule has 0 atom stereocenters. The van der Waals surface area contributed by atoms with Gasteiger partial charge in [-0.15, -0.1) is 12.4 Å². The zero-order valence-electron chi connectivity index (χ0n) is 13.6. The van der Waals surface area contributed by atoms with Gasteiger partial charge in [-0.3, -0.25) is 4.68 Å². The summed E-state index contributed by atoms with van der Waals surface area (Å²) >= 11 is 5.93. The van der Waals surface area contributed by atoms with Gasteiger partial charge < -0.3 is 9.84 Å². The predicted octanol–water partition coefficient (Wildman–Crippen LogP) is 3.06. The Bertz CT molecular complexity index is 795. The van der Waals surface area contributed by atoms with E-state index in [-0.39, 0.29) is 17.9 Å². The van der Waals surface area contributed by atoms with Crippen LogP contribution in [0.1, 0.15) is 30.1 Å². The zero-order valence-corrected chi connectivity index (χ0v) is 15.1. The molecule has 1 aromatic carbocycles. The smallest absolute Gasteiger partial charge is 0.254 e. The zero-order chi connectivity index (χ0) is 16.4. The van der Waals surface area contributed by atoms with Gasteiger partial charge in [-0.2, -0.15) is 10.1 Å². The molecule has 25 heavy (non-hydrogen) atoms. The SMILES string of the molecule is Cl.Clc1ccc(Cc2noc(C3(n4cccn4)CCNCC3)n2)cc1. The van der Waals surface area contributed by atoms with Crippen molar-refractivity contribution in [3.8, 4) is 0 Å². The summed E-state index contributed by atoms with van der Waals surface area (Å²) in [7, 11) is 0. The molecule has 132 valence electrons. The number of rotatable bonds is 4. The van der Waals surface area contributed by atoms with E-state index in [0.29, 0.717) is 18.1 Å². The molecule has 0 bridgehead atoms. The highest BCUT2D eigenvalue weighted by molar-refractivity contribution is 6.30. The Kier molecular flexibility index (Phi) is 5.42. The van der Waals surface area contributed by atoms with E-state index in [1.807, 2.05) is 41.2 Å². The van der Waals surface area contributed by atoms with Crippen LogP contribution in [0.15, 0.2) is 47.2 Å². The molecule has 0 saturated carbocycles. The van der Waals surface area contributed by atoms with E-state index in [2.05, 4.69) is 20.6 Å². The third-order valence-corrected chi connectivity index (χ3v) is 4.77. The minimum atomic E-state index is -0.361. The van der Waals surface area contributed by atoms with Crippen LogP contribution in [0.2, 0.25) is 5.02 Å². The Balaban J connectivity index is 0.00000182. The third kappa shape index (κ3) is 3.56. The van der Waals surface area contributed by atoms with Crippen molar-refractivity contribution in [3.05, 3.63) is 65.0 Å². The van der Waals surface area contributed by atoms with E-state index in [4.69, 9.17) is 16.1 Å². The Morgan fingerprint density at radius 2 is 1.96 bits per heavy atom. The number of halogens is 2. The summed E-state index contributed by atoms with van der Waals surface area (Å²) in [6.45, 7) is 1.80. The van der Waals surface area contributed by atoms with Crippen molar-refractivity contribution in [3.63, 3.8) is 0 Å². The lowest BCUT2D eigenvalue weighted by Crippen LogP contribution is -2.45. The lowest BCUT2D eigenvalue weighted by molar-refractivity contribution is 0.172. The molecule has 6 nitrogen and oxygen atoms in total. The van der Waals surface area contributed by atoms with Crippen LogP contribution in [0, 0.1) is 0 Å². The molecule has 0 aliphatic carbocycles. The van der Waals surface area contributed by atoms with Crippen LogP contribution >= 0.6 is 24.0 Å². The predicted molar refractivity (Wildman–Crippen MR) is 97.2 cm³/mol. The van der Waals surface area contributed by atoms with Gasteiger partial charge in [-0.25, -0.2) is 0 Å². The summed E-state index contributed by atoms with van der Waals surface area (Å²) in [5.74, 6) is 1.31. The Labute approximate surface area is 157 Å². The second kappa shape index (κ2) is 7.56. The van der Waals surface area contributed by atoms with Gasteiger partial charge in [0.15, 0.2) is 5.82 Å². The van der Waals surface area contributed by atoms with Crippen LogP contribution in [0.4, 0.5) is 0 Å². The van der Waals surface area contributed by atoms with Crippen LogP contribution in [0.5, 0.6) is 0 Å². The van der Waals surface area contributed by atoms with Gasteiger partial charge in [0.1, 0.15) is 5.54 Å². The Hall–Kier alpha value is -1.89. The molecule has 1 N–H and O–H groups in total. The van der Waals surface area contributed by atoms with Gasteiger partial charge in [-0.05, 0) is 49.7 Å². The minimum Gasteiger partial charge on any atom is -0.337 e. The first kappa shape index (κ1) is 17.9. The van der Waals surface area contributed by atoms with Gasteiger partial charge >= 0.3 is 0 Å². The van der Waals surface area contributed by atoms with E-state index in [0.717, 1.165) is 36.5 Å². The van der Waals surface area contributed by atoms with Crippen molar-refractivity contribution >= 4 is 24.0 Å². The third-order valence-electron chi connectivity index (χ3n) is 4.52. The van der Waals surface area contributed by atoms with Crippen molar-refractivity contribution in [1.82, 2.24) is 25.2 Å². The maximum Gasteiger partial charge on any atom is 0.254 e. The number of aromatic nitrogens is 4. The molecule has 1 aliphatic rings. The molecular formula is C17H19Cl2N5O. The highest BCUT2D eigenvalue weighted by Crippen LogP contribution is 2.33. The molecule has 1 aliphatic heterocycles. The van der Waals surface area contributed by atoms with Gasteiger partial charge in [0.25, 0.3) is 5.89 Å². The fourth-order valence-electron chi connectivity index (χ4n) is 3.20. The maximum atomic E-state index is 5.93. The fourth-order valence-corrected chi connectivity index (χ4v) is 3.33. The van der Waals surface area contributed by atoms with Gasteiger partial charge in [-0.1, -0.05) is 28.9 Å². The summed E-state index contributed by atoms with van der Waals surface area (Å²) < 4.78 is 7.60. The molecule has 4 rings (SSSR count). The summed E-state index contributed by atoms with van der Waals surface area (Å²) in [5.41, 5.74) is 0.741. The van der Waals surface area contributed by atoms with Gasteiger partial charge in [0.05, 0.1) is 0 Å². The molecule has 1 fully saturated rings. The molecule has 1 saturated heterocycles. The first-order chi connectivity index (χ1) is 11.8. The average Bonchev–Trinajstić information content (AvgIpc) is 3.30. The molecule has 3 aromatic rings. The number of hydrogen-bond donors (Lipinski definition) is 1. The van der Waals surface area contributed by atoms with Crippen LogP contribution in [0.25, 0.3) is 0 Å². The molecule has 3 heterocycles.